The first-order valence-electron chi connectivity index (χ1n) is 6.98. The van der Waals surface area contributed by atoms with E-state index in [1.54, 1.807) is 16.3 Å². The summed E-state index contributed by atoms with van der Waals surface area (Å²) in [7, 11) is 0. The van der Waals surface area contributed by atoms with Gasteiger partial charge in [-0.15, -0.1) is 11.3 Å². The maximum Gasteiger partial charge on any atom is 0.328 e. The number of aromatic amines is 1. The minimum absolute atomic E-state index is 0.0450. The van der Waals surface area contributed by atoms with Gasteiger partial charge in [0.1, 0.15) is 11.6 Å². The van der Waals surface area contributed by atoms with Crippen molar-refractivity contribution < 1.29 is 4.79 Å². The second-order valence-corrected chi connectivity index (χ2v) is 6.09. The van der Waals surface area contributed by atoms with Gasteiger partial charge in [-0.1, -0.05) is 0 Å². The summed E-state index contributed by atoms with van der Waals surface area (Å²) in [5.41, 5.74) is -0.895. The number of thiazole rings is 1. The van der Waals surface area contributed by atoms with Gasteiger partial charge in [-0.3, -0.25) is 19.1 Å². The second kappa shape index (κ2) is 5.81. The summed E-state index contributed by atoms with van der Waals surface area (Å²) in [6.07, 6.45) is 3.01. The van der Waals surface area contributed by atoms with Crippen molar-refractivity contribution in [2.75, 3.05) is 4.90 Å². The van der Waals surface area contributed by atoms with Crippen LogP contribution < -0.4 is 16.1 Å². The van der Waals surface area contributed by atoms with Crippen molar-refractivity contribution in [3.63, 3.8) is 0 Å². The number of hydrogen-bond acceptors (Lipinski definition) is 6. The maximum absolute atomic E-state index is 12.0. The average molecular weight is 331 g/mol. The van der Waals surface area contributed by atoms with Crippen molar-refractivity contribution in [1.82, 2.24) is 14.5 Å². The molecule has 8 nitrogen and oxygen atoms in total. The SMILES string of the molecule is CC(=O)N(c1nc(Cn2c(=O)[nH]cc(C#N)c2=O)cs1)C1CC1. The normalized spacial score (nSPS) is 13.6. The zero-order valence-corrected chi connectivity index (χ0v) is 13.1. The number of hydrogen-bond donors (Lipinski definition) is 1. The molecule has 0 aliphatic heterocycles. The largest absolute Gasteiger partial charge is 0.328 e. The zero-order valence-electron chi connectivity index (χ0n) is 12.3. The Labute approximate surface area is 134 Å². The van der Waals surface area contributed by atoms with Gasteiger partial charge in [-0.2, -0.15) is 5.26 Å². The smallest absolute Gasteiger partial charge is 0.313 e. The van der Waals surface area contributed by atoms with E-state index < -0.39 is 11.2 Å². The van der Waals surface area contributed by atoms with E-state index in [4.69, 9.17) is 5.26 Å². The molecule has 1 aliphatic rings. The van der Waals surface area contributed by atoms with Crippen LogP contribution in [0.4, 0.5) is 5.13 Å². The van der Waals surface area contributed by atoms with Crippen LogP contribution in [0.15, 0.2) is 21.2 Å². The van der Waals surface area contributed by atoms with Gasteiger partial charge in [-0.05, 0) is 12.8 Å². The summed E-state index contributed by atoms with van der Waals surface area (Å²) in [5, 5.41) is 11.1. The molecule has 1 fully saturated rings. The van der Waals surface area contributed by atoms with Crippen LogP contribution in [0.5, 0.6) is 0 Å². The third-order valence-electron chi connectivity index (χ3n) is 3.50. The molecular formula is C14H13N5O3S. The third-order valence-corrected chi connectivity index (χ3v) is 4.39. The Hall–Kier alpha value is -2.73. The molecule has 0 unspecified atom stereocenters. The molecule has 0 saturated heterocycles. The predicted molar refractivity (Wildman–Crippen MR) is 83.4 cm³/mol. The molecule has 2 aromatic rings. The number of amides is 1. The first-order valence-corrected chi connectivity index (χ1v) is 7.86. The number of carbonyl (C=O) groups excluding carboxylic acids is 1. The lowest BCUT2D eigenvalue weighted by Gasteiger charge is -2.16. The van der Waals surface area contributed by atoms with E-state index in [2.05, 4.69) is 9.97 Å². The Kier molecular flexibility index (Phi) is 3.83. The molecule has 3 rings (SSSR count). The third kappa shape index (κ3) is 2.93. The summed E-state index contributed by atoms with van der Waals surface area (Å²) in [4.78, 5) is 43.9. The molecule has 2 heterocycles. The van der Waals surface area contributed by atoms with Crippen LogP contribution in [0.1, 0.15) is 31.0 Å². The highest BCUT2D eigenvalue weighted by Crippen LogP contribution is 2.33. The van der Waals surface area contributed by atoms with E-state index in [-0.39, 0.29) is 24.1 Å². The summed E-state index contributed by atoms with van der Waals surface area (Å²) >= 11 is 1.30. The summed E-state index contributed by atoms with van der Waals surface area (Å²) < 4.78 is 0.923. The van der Waals surface area contributed by atoms with Crippen LogP contribution >= 0.6 is 11.3 Å². The van der Waals surface area contributed by atoms with Crippen molar-refractivity contribution in [2.45, 2.75) is 32.4 Å². The molecule has 23 heavy (non-hydrogen) atoms. The lowest BCUT2D eigenvalue weighted by Crippen LogP contribution is -2.36. The van der Waals surface area contributed by atoms with Gasteiger partial charge < -0.3 is 4.98 Å². The Balaban J connectivity index is 1.91. The topological polar surface area (TPSA) is 112 Å². The minimum Gasteiger partial charge on any atom is -0.313 e. The summed E-state index contributed by atoms with van der Waals surface area (Å²) in [6, 6.07) is 1.93. The lowest BCUT2D eigenvalue weighted by atomic mass is 10.3. The van der Waals surface area contributed by atoms with E-state index in [9.17, 15) is 14.4 Å². The maximum atomic E-state index is 12.0. The molecule has 9 heteroatoms. The molecule has 0 aromatic carbocycles. The fourth-order valence-electron chi connectivity index (χ4n) is 2.26. The van der Waals surface area contributed by atoms with Crippen LogP contribution in [-0.4, -0.2) is 26.5 Å². The van der Waals surface area contributed by atoms with E-state index >= 15 is 0 Å². The molecule has 0 bridgehead atoms. The number of rotatable bonds is 4. The van der Waals surface area contributed by atoms with E-state index in [1.807, 2.05) is 0 Å². The van der Waals surface area contributed by atoms with Crippen LogP contribution in [0.2, 0.25) is 0 Å². The first-order chi connectivity index (χ1) is 11.0. The fourth-order valence-corrected chi connectivity index (χ4v) is 3.19. The van der Waals surface area contributed by atoms with E-state index in [0.717, 1.165) is 23.6 Å². The number of anilines is 1. The van der Waals surface area contributed by atoms with Gasteiger partial charge in [0.25, 0.3) is 5.56 Å². The summed E-state index contributed by atoms with van der Waals surface area (Å²) in [5.74, 6) is -0.0742. The minimum atomic E-state index is -0.656. The molecule has 0 atom stereocenters. The predicted octanol–water partition coefficient (Wildman–Crippen LogP) is 0.428. The lowest BCUT2D eigenvalue weighted by molar-refractivity contribution is -0.116. The molecule has 0 spiro atoms. The standard InChI is InChI=1S/C14H13N5O3S/c1-8(20)19(11-2-3-11)14-17-10(7-23-14)6-18-12(21)9(4-15)5-16-13(18)22/h5,7,11H,2-3,6H2,1H3,(H,16,22). The van der Waals surface area contributed by atoms with E-state index in [1.165, 1.54) is 18.3 Å². The van der Waals surface area contributed by atoms with Crippen LogP contribution in [0.25, 0.3) is 0 Å². The number of nitrogens with zero attached hydrogens (tertiary/aromatic N) is 4. The zero-order chi connectivity index (χ0) is 16.6. The number of nitriles is 1. The Bertz CT molecular complexity index is 915. The second-order valence-electron chi connectivity index (χ2n) is 5.25. The van der Waals surface area contributed by atoms with Crippen molar-refractivity contribution >= 4 is 22.4 Å². The monoisotopic (exact) mass is 331 g/mol. The number of carbonyl (C=O) groups is 1. The van der Waals surface area contributed by atoms with E-state index in [0.29, 0.717) is 10.8 Å². The molecular weight excluding hydrogens is 318 g/mol. The molecule has 0 radical (unpaired) electrons. The Morgan fingerprint density at radius 2 is 2.30 bits per heavy atom. The first kappa shape index (κ1) is 15.2. The quantitative estimate of drug-likeness (QED) is 0.873. The molecule has 1 saturated carbocycles. The van der Waals surface area contributed by atoms with Gasteiger partial charge >= 0.3 is 5.69 Å². The molecule has 1 amide bonds. The highest BCUT2D eigenvalue weighted by atomic mass is 32.1. The molecule has 2 aromatic heterocycles. The van der Waals surface area contributed by atoms with Gasteiger partial charge in [0, 0.05) is 24.5 Å². The highest BCUT2D eigenvalue weighted by Gasteiger charge is 2.33. The van der Waals surface area contributed by atoms with Gasteiger partial charge in [0.2, 0.25) is 5.91 Å². The Morgan fingerprint density at radius 3 is 2.91 bits per heavy atom. The molecule has 118 valence electrons. The van der Waals surface area contributed by atoms with Gasteiger partial charge in [0.15, 0.2) is 5.13 Å². The molecule has 1 aliphatic carbocycles. The van der Waals surface area contributed by atoms with Crippen LogP contribution in [0, 0.1) is 11.3 Å². The average Bonchev–Trinajstić information content (AvgIpc) is 3.22. The molecule has 1 N–H and O–H groups in total. The van der Waals surface area contributed by atoms with Crippen molar-refractivity contribution in [1.29, 1.82) is 5.26 Å². The van der Waals surface area contributed by atoms with Crippen molar-refractivity contribution in [2.24, 2.45) is 0 Å². The van der Waals surface area contributed by atoms with Crippen LogP contribution in [-0.2, 0) is 11.3 Å². The fraction of sp³-hybridized carbons (Fsp3) is 0.357. The number of H-pyrrole nitrogens is 1. The number of nitrogens with one attached hydrogen (secondary N) is 1. The van der Waals surface area contributed by atoms with Gasteiger partial charge in [0.05, 0.1) is 12.2 Å². The van der Waals surface area contributed by atoms with Crippen molar-refractivity contribution in [3.05, 3.63) is 43.7 Å². The van der Waals surface area contributed by atoms with Gasteiger partial charge in [-0.25, -0.2) is 9.78 Å². The summed E-state index contributed by atoms with van der Waals surface area (Å²) in [6.45, 7) is 1.45. The number of aromatic nitrogens is 3. The van der Waals surface area contributed by atoms with Crippen molar-refractivity contribution in [3.8, 4) is 6.07 Å². The highest BCUT2D eigenvalue weighted by molar-refractivity contribution is 7.14. The Morgan fingerprint density at radius 1 is 1.57 bits per heavy atom. The van der Waals surface area contributed by atoms with Crippen LogP contribution in [0.3, 0.4) is 0 Å².